The molecule has 3 aliphatic rings. The number of furan rings is 1. The molecule has 130 valence electrons. The maximum Gasteiger partial charge on any atom is 0.289 e. The molecule has 4 heterocycles. The van der Waals surface area contributed by atoms with Crippen molar-refractivity contribution < 1.29 is 18.7 Å². The van der Waals surface area contributed by atoms with E-state index in [-0.39, 0.29) is 23.5 Å². The summed E-state index contributed by atoms with van der Waals surface area (Å²) in [6.07, 6.45) is 6.76. The Labute approximate surface area is 141 Å². The number of likely N-dealkylation sites (tertiary alicyclic amines) is 2. The first-order valence-electron chi connectivity index (χ1n) is 8.96. The standard InChI is InChI=1S/C18H24N2O4/c21-16(14-4-3-13-23-14)20-11-7-18(8-12-20)6-5-15(24-18)17(22)19-9-1-2-10-19/h3-4,13,15H,1-2,5-12H2/t15-/m0/s1. The van der Waals surface area contributed by atoms with Crippen LogP contribution in [0, 0.1) is 0 Å². The van der Waals surface area contributed by atoms with Crippen LogP contribution in [0.5, 0.6) is 0 Å². The Bertz CT molecular complexity index is 599. The van der Waals surface area contributed by atoms with E-state index < -0.39 is 0 Å². The van der Waals surface area contributed by atoms with Crippen molar-refractivity contribution in [2.45, 2.75) is 50.2 Å². The van der Waals surface area contributed by atoms with E-state index in [4.69, 9.17) is 9.15 Å². The number of hydrogen-bond acceptors (Lipinski definition) is 4. The molecule has 2 amide bonds. The summed E-state index contributed by atoms with van der Waals surface area (Å²) in [5.74, 6) is 0.497. The number of hydrogen-bond donors (Lipinski definition) is 0. The minimum absolute atomic E-state index is 0.0578. The van der Waals surface area contributed by atoms with E-state index in [9.17, 15) is 9.59 Å². The number of carbonyl (C=O) groups excluding carboxylic acids is 2. The number of ether oxygens (including phenoxy) is 1. The fourth-order valence-electron chi connectivity index (χ4n) is 4.17. The van der Waals surface area contributed by atoms with Gasteiger partial charge >= 0.3 is 0 Å². The molecule has 24 heavy (non-hydrogen) atoms. The van der Waals surface area contributed by atoms with E-state index in [0.29, 0.717) is 18.8 Å². The third-order valence-electron chi connectivity index (χ3n) is 5.64. The van der Waals surface area contributed by atoms with Crippen LogP contribution < -0.4 is 0 Å². The first-order valence-corrected chi connectivity index (χ1v) is 8.96. The topological polar surface area (TPSA) is 63.0 Å². The molecule has 0 saturated carbocycles. The van der Waals surface area contributed by atoms with E-state index in [2.05, 4.69) is 0 Å². The number of nitrogens with zero attached hydrogens (tertiary/aromatic N) is 2. The Morgan fingerprint density at radius 3 is 2.46 bits per heavy atom. The molecule has 0 radical (unpaired) electrons. The van der Waals surface area contributed by atoms with Gasteiger partial charge in [-0.2, -0.15) is 0 Å². The molecule has 3 fully saturated rings. The lowest BCUT2D eigenvalue weighted by Gasteiger charge is -2.38. The van der Waals surface area contributed by atoms with Gasteiger partial charge in [0.15, 0.2) is 5.76 Å². The molecule has 0 N–H and O–H groups in total. The van der Waals surface area contributed by atoms with Crippen LogP contribution in [-0.4, -0.2) is 59.5 Å². The predicted molar refractivity (Wildman–Crippen MR) is 86.5 cm³/mol. The van der Waals surface area contributed by atoms with E-state index in [1.807, 2.05) is 9.80 Å². The molecular weight excluding hydrogens is 308 g/mol. The van der Waals surface area contributed by atoms with E-state index in [1.54, 1.807) is 12.1 Å². The fraction of sp³-hybridized carbons (Fsp3) is 0.667. The average Bonchev–Trinajstić information content (AvgIpc) is 3.36. The normalized spacial score (nSPS) is 26.2. The lowest BCUT2D eigenvalue weighted by atomic mass is 9.88. The molecule has 1 spiro atoms. The van der Waals surface area contributed by atoms with Gasteiger partial charge in [0, 0.05) is 26.2 Å². The Balaban J connectivity index is 1.34. The second kappa shape index (κ2) is 6.24. The summed E-state index contributed by atoms with van der Waals surface area (Å²) in [7, 11) is 0. The van der Waals surface area contributed by atoms with Gasteiger partial charge in [-0.25, -0.2) is 0 Å². The Morgan fingerprint density at radius 2 is 1.79 bits per heavy atom. The Hall–Kier alpha value is -1.82. The summed E-state index contributed by atoms with van der Waals surface area (Å²) in [6.45, 7) is 3.06. The molecular formula is C18H24N2O4. The summed E-state index contributed by atoms with van der Waals surface area (Å²) < 4.78 is 11.4. The van der Waals surface area contributed by atoms with Crippen molar-refractivity contribution in [2.75, 3.05) is 26.2 Å². The van der Waals surface area contributed by atoms with Crippen LogP contribution in [0.2, 0.25) is 0 Å². The summed E-state index contributed by atoms with van der Waals surface area (Å²) in [4.78, 5) is 28.6. The summed E-state index contributed by atoms with van der Waals surface area (Å²) in [6, 6.07) is 3.43. The van der Waals surface area contributed by atoms with Crippen molar-refractivity contribution in [3.8, 4) is 0 Å². The molecule has 6 heteroatoms. The Kier molecular flexibility index (Phi) is 4.08. The Morgan fingerprint density at radius 1 is 1.04 bits per heavy atom. The number of rotatable bonds is 2. The quantitative estimate of drug-likeness (QED) is 0.831. The monoisotopic (exact) mass is 332 g/mol. The van der Waals surface area contributed by atoms with Crippen LogP contribution in [0.3, 0.4) is 0 Å². The number of carbonyl (C=O) groups is 2. The highest BCUT2D eigenvalue weighted by Gasteiger charge is 2.46. The van der Waals surface area contributed by atoms with Crippen molar-refractivity contribution in [2.24, 2.45) is 0 Å². The fourth-order valence-corrected chi connectivity index (χ4v) is 4.17. The highest BCUT2D eigenvalue weighted by Crippen LogP contribution is 2.39. The largest absolute Gasteiger partial charge is 0.459 e. The van der Waals surface area contributed by atoms with Crippen molar-refractivity contribution in [1.82, 2.24) is 9.80 Å². The molecule has 0 bridgehead atoms. The minimum atomic E-state index is -0.282. The summed E-state index contributed by atoms with van der Waals surface area (Å²) >= 11 is 0. The maximum atomic E-state index is 12.5. The number of amides is 2. The molecule has 0 unspecified atom stereocenters. The molecule has 0 aliphatic carbocycles. The lowest BCUT2D eigenvalue weighted by molar-refractivity contribution is -0.149. The van der Waals surface area contributed by atoms with E-state index >= 15 is 0 Å². The lowest BCUT2D eigenvalue weighted by Crippen LogP contribution is -2.47. The van der Waals surface area contributed by atoms with Gasteiger partial charge in [-0.3, -0.25) is 9.59 Å². The number of piperidine rings is 1. The van der Waals surface area contributed by atoms with Crippen molar-refractivity contribution in [1.29, 1.82) is 0 Å². The van der Waals surface area contributed by atoms with Crippen LogP contribution >= 0.6 is 0 Å². The van der Waals surface area contributed by atoms with Crippen molar-refractivity contribution >= 4 is 11.8 Å². The third kappa shape index (κ3) is 2.83. The van der Waals surface area contributed by atoms with Gasteiger partial charge in [-0.15, -0.1) is 0 Å². The molecule has 4 rings (SSSR count). The zero-order chi connectivity index (χ0) is 16.6. The zero-order valence-corrected chi connectivity index (χ0v) is 13.9. The van der Waals surface area contributed by atoms with Crippen molar-refractivity contribution in [3.63, 3.8) is 0 Å². The predicted octanol–water partition coefficient (Wildman–Crippen LogP) is 2.06. The van der Waals surface area contributed by atoms with Crippen LogP contribution in [0.1, 0.15) is 49.1 Å². The second-order valence-corrected chi connectivity index (χ2v) is 7.13. The van der Waals surface area contributed by atoms with Gasteiger partial charge in [0.25, 0.3) is 11.8 Å². The first-order chi connectivity index (χ1) is 11.7. The molecule has 1 atom stereocenters. The van der Waals surface area contributed by atoms with Gasteiger partial charge in [0.1, 0.15) is 6.10 Å². The third-order valence-corrected chi connectivity index (χ3v) is 5.64. The minimum Gasteiger partial charge on any atom is -0.459 e. The van der Waals surface area contributed by atoms with Gasteiger partial charge in [-0.1, -0.05) is 0 Å². The van der Waals surface area contributed by atoms with Crippen molar-refractivity contribution in [3.05, 3.63) is 24.2 Å². The zero-order valence-electron chi connectivity index (χ0n) is 13.9. The van der Waals surface area contributed by atoms with Gasteiger partial charge < -0.3 is 19.0 Å². The smallest absolute Gasteiger partial charge is 0.289 e. The summed E-state index contributed by atoms with van der Waals surface area (Å²) in [5, 5.41) is 0. The molecule has 6 nitrogen and oxygen atoms in total. The van der Waals surface area contributed by atoms with Gasteiger partial charge in [0.2, 0.25) is 0 Å². The first kappa shape index (κ1) is 15.7. The summed E-state index contributed by atoms with van der Waals surface area (Å²) in [5.41, 5.74) is -0.222. The van der Waals surface area contributed by atoms with Crippen LogP contribution in [0.25, 0.3) is 0 Å². The van der Waals surface area contributed by atoms with E-state index in [1.165, 1.54) is 6.26 Å². The van der Waals surface area contributed by atoms with Gasteiger partial charge in [0.05, 0.1) is 11.9 Å². The van der Waals surface area contributed by atoms with Crippen LogP contribution in [0.4, 0.5) is 0 Å². The highest BCUT2D eigenvalue weighted by molar-refractivity contribution is 5.91. The molecule has 3 saturated heterocycles. The molecule has 1 aromatic rings. The SMILES string of the molecule is O=C(c1ccco1)N1CCC2(CC[C@@H](C(=O)N3CCCC3)O2)CC1. The highest BCUT2D eigenvalue weighted by atomic mass is 16.5. The van der Waals surface area contributed by atoms with Crippen LogP contribution in [-0.2, 0) is 9.53 Å². The average molecular weight is 332 g/mol. The van der Waals surface area contributed by atoms with E-state index in [0.717, 1.165) is 51.6 Å². The second-order valence-electron chi connectivity index (χ2n) is 7.13. The molecule has 0 aromatic carbocycles. The molecule has 1 aromatic heterocycles. The maximum absolute atomic E-state index is 12.5. The molecule has 3 aliphatic heterocycles. The van der Waals surface area contributed by atoms with Crippen LogP contribution in [0.15, 0.2) is 22.8 Å². The van der Waals surface area contributed by atoms with Gasteiger partial charge in [-0.05, 0) is 50.7 Å².